The van der Waals surface area contributed by atoms with Gasteiger partial charge >= 0.3 is 0 Å². The molecule has 3 rings (SSSR count). The van der Waals surface area contributed by atoms with Crippen LogP contribution in [-0.2, 0) is 9.59 Å². The van der Waals surface area contributed by atoms with Gasteiger partial charge in [-0.3, -0.25) is 24.1 Å². The zero-order valence-corrected chi connectivity index (χ0v) is 17.3. The summed E-state index contributed by atoms with van der Waals surface area (Å²) in [7, 11) is 0. The highest BCUT2D eigenvalue weighted by Crippen LogP contribution is 2.33. The summed E-state index contributed by atoms with van der Waals surface area (Å²) in [4.78, 5) is 51.8. The van der Waals surface area contributed by atoms with E-state index in [0.717, 1.165) is 11.3 Å². The zero-order valence-electron chi connectivity index (χ0n) is 17.3. The van der Waals surface area contributed by atoms with Crippen molar-refractivity contribution >= 4 is 40.1 Å². The minimum atomic E-state index is -0.755. The fraction of sp³-hybridized carbons (Fsp3) is 0.364. The first kappa shape index (κ1) is 21.3. The van der Waals surface area contributed by atoms with Crippen LogP contribution in [0, 0.1) is 5.92 Å². The van der Waals surface area contributed by atoms with Gasteiger partial charge in [0.05, 0.1) is 0 Å². The number of hydrogen-bond acceptors (Lipinski definition) is 5. The molecule has 0 fully saturated rings. The molecule has 1 aliphatic rings. The van der Waals surface area contributed by atoms with Gasteiger partial charge in [-0.1, -0.05) is 32.9 Å². The molecule has 4 N–H and O–H groups in total. The van der Waals surface area contributed by atoms with Crippen LogP contribution < -0.4 is 16.4 Å². The maximum atomic E-state index is 13.0. The highest BCUT2D eigenvalue weighted by molar-refractivity contribution is 6.27. The van der Waals surface area contributed by atoms with Crippen molar-refractivity contribution in [3.63, 3.8) is 0 Å². The van der Waals surface area contributed by atoms with E-state index in [-0.39, 0.29) is 11.8 Å². The number of carbonyl (C=O) groups excluding carboxylic acids is 4. The Bertz CT molecular complexity index is 1010. The van der Waals surface area contributed by atoms with E-state index >= 15 is 0 Å². The molecule has 2 aromatic carbocycles. The van der Waals surface area contributed by atoms with Crippen LogP contribution in [0.15, 0.2) is 30.3 Å². The van der Waals surface area contributed by atoms with Gasteiger partial charge in [-0.05, 0) is 30.5 Å². The Labute approximate surface area is 174 Å². The topological polar surface area (TPSA) is 122 Å². The lowest BCUT2D eigenvalue weighted by molar-refractivity contribution is -0.130. The van der Waals surface area contributed by atoms with Gasteiger partial charge in [0.1, 0.15) is 12.6 Å². The fourth-order valence-electron chi connectivity index (χ4n) is 3.57. The summed E-state index contributed by atoms with van der Waals surface area (Å²) >= 11 is 0. The molecule has 158 valence electrons. The number of carbonyl (C=O) groups is 4. The normalized spacial score (nSPS) is 14.2. The van der Waals surface area contributed by atoms with Crippen molar-refractivity contribution in [2.24, 2.45) is 5.92 Å². The van der Waals surface area contributed by atoms with Crippen LogP contribution >= 0.6 is 0 Å². The van der Waals surface area contributed by atoms with Crippen molar-refractivity contribution in [2.45, 2.75) is 33.2 Å². The van der Waals surface area contributed by atoms with E-state index < -0.39 is 30.3 Å². The van der Waals surface area contributed by atoms with Gasteiger partial charge in [0.15, 0.2) is 0 Å². The van der Waals surface area contributed by atoms with Crippen molar-refractivity contribution in [1.82, 2.24) is 15.5 Å². The van der Waals surface area contributed by atoms with Gasteiger partial charge in [0.25, 0.3) is 11.8 Å². The van der Waals surface area contributed by atoms with Gasteiger partial charge < -0.3 is 16.4 Å². The number of hydrogen-bond donors (Lipinski definition) is 3. The number of nitrogens with zero attached hydrogens (tertiary/aromatic N) is 1. The summed E-state index contributed by atoms with van der Waals surface area (Å²) in [5, 5.41) is 6.54. The molecule has 0 spiro atoms. The smallest absolute Gasteiger partial charge is 0.261 e. The Morgan fingerprint density at radius 1 is 1.07 bits per heavy atom. The lowest BCUT2D eigenvalue weighted by Crippen LogP contribution is -2.53. The molecular weight excluding hydrogens is 384 g/mol. The molecule has 8 heteroatoms. The standard InChI is InChI=1S/C22H26N4O4/c1-4-10-24-20(28)19(12(2)3)25-17(27)11-26-21(29)14-7-5-6-13-16(23)9-8-15(18(13)14)22(26)30/h5-9,12,19H,4,10-11,23H2,1-3H3,(H,24,28)(H,25,27)/t19-/m0/s1. The van der Waals surface area contributed by atoms with E-state index in [1.165, 1.54) is 0 Å². The van der Waals surface area contributed by atoms with E-state index in [0.29, 0.717) is 34.1 Å². The Morgan fingerprint density at radius 2 is 1.73 bits per heavy atom. The molecule has 1 atom stereocenters. The largest absolute Gasteiger partial charge is 0.398 e. The first-order valence-corrected chi connectivity index (χ1v) is 10.0. The molecule has 0 aromatic heterocycles. The van der Waals surface area contributed by atoms with Crippen LogP contribution in [0.2, 0.25) is 0 Å². The fourth-order valence-corrected chi connectivity index (χ4v) is 3.57. The number of nitrogen functional groups attached to an aromatic ring is 1. The lowest BCUT2D eigenvalue weighted by Gasteiger charge is -2.28. The van der Waals surface area contributed by atoms with Gasteiger partial charge in [0.2, 0.25) is 11.8 Å². The molecule has 0 unspecified atom stereocenters. The summed E-state index contributed by atoms with van der Waals surface area (Å²) in [5.74, 6) is -2.14. The van der Waals surface area contributed by atoms with Crippen LogP contribution in [0.4, 0.5) is 5.69 Å². The molecule has 0 radical (unpaired) electrons. The molecule has 0 bridgehead atoms. The van der Waals surface area contributed by atoms with Crippen LogP contribution in [0.3, 0.4) is 0 Å². The Balaban J connectivity index is 1.83. The first-order chi connectivity index (χ1) is 14.3. The van der Waals surface area contributed by atoms with Gasteiger partial charge in [-0.2, -0.15) is 0 Å². The molecule has 0 saturated heterocycles. The first-order valence-electron chi connectivity index (χ1n) is 10.0. The Kier molecular flexibility index (Phi) is 6.05. The second-order valence-electron chi connectivity index (χ2n) is 7.71. The van der Waals surface area contributed by atoms with E-state index in [9.17, 15) is 19.2 Å². The van der Waals surface area contributed by atoms with Crippen molar-refractivity contribution in [3.8, 4) is 0 Å². The third-order valence-electron chi connectivity index (χ3n) is 5.14. The molecule has 1 heterocycles. The van der Waals surface area contributed by atoms with E-state index in [1.807, 2.05) is 20.8 Å². The Hall–Kier alpha value is -3.42. The average molecular weight is 410 g/mol. The average Bonchev–Trinajstić information content (AvgIpc) is 2.72. The number of amides is 4. The van der Waals surface area contributed by atoms with Crippen molar-refractivity contribution < 1.29 is 19.2 Å². The SMILES string of the molecule is CCCNC(=O)[C@@H](NC(=O)CN1C(=O)c2cccc3c(N)ccc(c23)C1=O)C(C)C. The number of imide groups is 1. The second-order valence-corrected chi connectivity index (χ2v) is 7.71. The molecule has 0 aliphatic carbocycles. The zero-order chi connectivity index (χ0) is 22.0. The van der Waals surface area contributed by atoms with E-state index in [4.69, 9.17) is 5.73 Å². The minimum absolute atomic E-state index is 0.156. The molecule has 8 nitrogen and oxygen atoms in total. The number of anilines is 1. The second kappa shape index (κ2) is 8.52. The van der Waals surface area contributed by atoms with E-state index in [1.54, 1.807) is 30.3 Å². The lowest BCUT2D eigenvalue weighted by atomic mass is 9.93. The van der Waals surface area contributed by atoms with Crippen LogP contribution in [-0.4, -0.2) is 47.7 Å². The predicted octanol–water partition coefficient (Wildman–Crippen LogP) is 1.69. The third-order valence-corrected chi connectivity index (χ3v) is 5.14. The molecule has 0 saturated carbocycles. The highest BCUT2D eigenvalue weighted by atomic mass is 16.2. The van der Waals surface area contributed by atoms with Gasteiger partial charge in [-0.15, -0.1) is 0 Å². The quantitative estimate of drug-likeness (QED) is 0.474. The summed E-state index contributed by atoms with van der Waals surface area (Å²) in [6.45, 7) is 5.60. The monoisotopic (exact) mass is 410 g/mol. The Morgan fingerprint density at radius 3 is 2.37 bits per heavy atom. The predicted molar refractivity (Wildman–Crippen MR) is 114 cm³/mol. The van der Waals surface area contributed by atoms with Crippen LogP contribution in [0.25, 0.3) is 10.8 Å². The number of nitrogens with one attached hydrogen (secondary N) is 2. The maximum absolute atomic E-state index is 13.0. The highest BCUT2D eigenvalue weighted by Gasteiger charge is 2.35. The number of rotatable bonds is 7. The molecule has 4 amide bonds. The van der Waals surface area contributed by atoms with Crippen LogP contribution in [0.5, 0.6) is 0 Å². The van der Waals surface area contributed by atoms with E-state index in [2.05, 4.69) is 10.6 Å². The molecular formula is C22H26N4O4. The third kappa shape index (κ3) is 3.85. The minimum Gasteiger partial charge on any atom is -0.398 e. The van der Waals surface area contributed by atoms with Gasteiger partial charge in [-0.25, -0.2) is 0 Å². The molecule has 1 aliphatic heterocycles. The van der Waals surface area contributed by atoms with Crippen molar-refractivity contribution in [3.05, 3.63) is 41.5 Å². The van der Waals surface area contributed by atoms with Crippen LogP contribution in [0.1, 0.15) is 47.9 Å². The summed E-state index contributed by atoms with van der Waals surface area (Å²) in [6.07, 6.45) is 0.775. The summed E-state index contributed by atoms with van der Waals surface area (Å²) in [6, 6.07) is 7.48. The van der Waals surface area contributed by atoms with Gasteiger partial charge in [0, 0.05) is 34.1 Å². The number of nitrogens with two attached hydrogens (primary N) is 1. The molecule has 30 heavy (non-hydrogen) atoms. The summed E-state index contributed by atoms with van der Waals surface area (Å²) in [5.41, 5.74) is 7.10. The van der Waals surface area contributed by atoms with Crippen molar-refractivity contribution in [2.75, 3.05) is 18.8 Å². The van der Waals surface area contributed by atoms with Crippen molar-refractivity contribution in [1.29, 1.82) is 0 Å². The number of benzene rings is 2. The molecule has 2 aromatic rings. The summed E-state index contributed by atoms with van der Waals surface area (Å²) < 4.78 is 0. The maximum Gasteiger partial charge on any atom is 0.261 e.